The highest BCUT2D eigenvalue weighted by molar-refractivity contribution is 6.30. The number of nitrogens with one attached hydrogen (secondary N) is 1. The molecule has 0 bridgehead atoms. The number of benzene rings is 2. The summed E-state index contributed by atoms with van der Waals surface area (Å²) in [6.07, 6.45) is 6.50. The van der Waals surface area contributed by atoms with E-state index in [0.29, 0.717) is 11.6 Å². The average molecular weight is 441 g/mol. The van der Waals surface area contributed by atoms with E-state index in [-0.39, 0.29) is 5.91 Å². The molecule has 2 fully saturated rings. The Morgan fingerprint density at radius 2 is 1.81 bits per heavy atom. The van der Waals surface area contributed by atoms with E-state index in [2.05, 4.69) is 17.1 Å². The summed E-state index contributed by atoms with van der Waals surface area (Å²) in [4.78, 5) is 15.8. The third-order valence-corrected chi connectivity index (χ3v) is 7.07. The van der Waals surface area contributed by atoms with Gasteiger partial charge in [0.1, 0.15) is 12.4 Å². The first-order chi connectivity index (χ1) is 15.0. The molecule has 4 rings (SSSR count). The SMILES string of the molecule is C[C@@H]1CCCN(CCOc2ccc(NC(=O)C3(c4ccc(Cl)cc4)CCCC3)cc2)C1. The summed E-state index contributed by atoms with van der Waals surface area (Å²) in [5, 5.41) is 3.84. The van der Waals surface area contributed by atoms with Gasteiger partial charge in [-0.1, -0.05) is 43.5 Å². The van der Waals surface area contributed by atoms with Crippen molar-refractivity contribution in [1.29, 1.82) is 0 Å². The van der Waals surface area contributed by atoms with Crippen molar-refractivity contribution >= 4 is 23.2 Å². The monoisotopic (exact) mass is 440 g/mol. The molecule has 2 aromatic carbocycles. The minimum absolute atomic E-state index is 0.0696. The molecule has 1 saturated heterocycles. The van der Waals surface area contributed by atoms with Crippen molar-refractivity contribution < 1.29 is 9.53 Å². The van der Waals surface area contributed by atoms with Gasteiger partial charge in [-0.25, -0.2) is 0 Å². The van der Waals surface area contributed by atoms with Crippen LogP contribution in [0.2, 0.25) is 5.02 Å². The highest BCUT2D eigenvalue weighted by Gasteiger charge is 2.42. The standard InChI is InChI=1S/C26H33ClN2O2/c1-20-5-4-16-29(19-20)17-18-31-24-12-10-23(11-13-24)28-25(30)26(14-2-3-15-26)21-6-8-22(27)9-7-21/h6-13,20H,2-5,14-19H2,1H3,(H,28,30)/t20-/m1/s1. The Morgan fingerprint density at radius 3 is 2.48 bits per heavy atom. The second kappa shape index (κ2) is 10.1. The van der Waals surface area contributed by atoms with Crippen LogP contribution in [-0.4, -0.2) is 37.0 Å². The van der Waals surface area contributed by atoms with Crippen LogP contribution in [-0.2, 0) is 10.2 Å². The van der Waals surface area contributed by atoms with Crippen LogP contribution in [0.15, 0.2) is 48.5 Å². The summed E-state index contributed by atoms with van der Waals surface area (Å²) in [5.74, 6) is 1.70. The molecule has 5 heteroatoms. The Kier molecular flexibility index (Phi) is 7.19. The molecule has 1 N–H and O–H groups in total. The molecule has 1 aliphatic heterocycles. The smallest absolute Gasteiger partial charge is 0.235 e. The van der Waals surface area contributed by atoms with E-state index < -0.39 is 5.41 Å². The summed E-state index contributed by atoms with van der Waals surface area (Å²) in [6.45, 7) is 6.32. The molecule has 4 nitrogen and oxygen atoms in total. The van der Waals surface area contributed by atoms with Crippen molar-refractivity contribution in [1.82, 2.24) is 4.90 Å². The average Bonchev–Trinajstić information content (AvgIpc) is 3.27. The predicted octanol–water partition coefficient (Wildman–Crippen LogP) is 5.90. The molecule has 1 heterocycles. The minimum atomic E-state index is -0.467. The molecule has 2 aromatic rings. The highest BCUT2D eigenvalue weighted by Crippen LogP contribution is 2.42. The number of hydrogen-bond acceptors (Lipinski definition) is 3. The number of anilines is 1. The van der Waals surface area contributed by atoms with Crippen molar-refractivity contribution in [2.45, 2.75) is 50.9 Å². The lowest BCUT2D eigenvalue weighted by molar-refractivity contribution is -0.121. The van der Waals surface area contributed by atoms with Gasteiger partial charge in [-0.2, -0.15) is 0 Å². The van der Waals surface area contributed by atoms with Crippen molar-refractivity contribution in [3.05, 3.63) is 59.1 Å². The van der Waals surface area contributed by atoms with Gasteiger partial charge in [0, 0.05) is 23.8 Å². The van der Waals surface area contributed by atoms with Gasteiger partial charge in [-0.05, 0) is 80.1 Å². The molecule has 0 spiro atoms. The number of halogens is 1. The number of carbonyl (C=O) groups is 1. The molecule has 31 heavy (non-hydrogen) atoms. The number of carbonyl (C=O) groups excluding carboxylic acids is 1. The van der Waals surface area contributed by atoms with Gasteiger partial charge in [-0.15, -0.1) is 0 Å². The van der Waals surface area contributed by atoms with Crippen molar-refractivity contribution in [3.63, 3.8) is 0 Å². The van der Waals surface area contributed by atoms with Crippen LogP contribution in [0.4, 0.5) is 5.69 Å². The van der Waals surface area contributed by atoms with Gasteiger partial charge in [0.25, 0.3) is 0 Å². The van der Waals surface area contributed by atoms with Crippen LogP contribution in [0.25, 0.3) is 0 Å². The Balaban J connectivity index is 1.33. The Hall–Kier alpha value is -2.04. The van der Waals surface area contributed by atoms with Gasteiger partial charge in [0.2, 0.25) is 5.91 Å². The van der Waals surface area contributed by atoms with E-state index in [9.17, 15) is 4.79 Å². The largest absolute Gasteiger partial charge is 0.492 e. The van der Waals surface area contributed by atoms with E-state index in [4.69, 9.17) is 16.3 Å². The first-order valence-electron chi connectivity index (χ1n) is 11.6. The van der Waals surface area contributed by atoms with Gasteiger partial charge < -0.3 is 10.1 Å². The molecule has 1 amide bonds. The molecule has 1 aliphatic carbocycles. The predicted molar refractivity (Wildman–Crippen MR) is 127 cm³/mol. The first-order valence-corrected chi connectivity index (χ1v) is 12.0. The van der Waals surface area contributed by atoms with Crippen LogP contribution >= 0.6 is 11.6 Å². The molecule has 2 aliphatic rings. The molecule has 166 valence electrons. The molecular formula is C26H33ClN2O2. The van der Waals surface area contributed by atoms with Crippen molar-refractivity contribution in [3.8, 4) is 5.75 Å². The number of piperidine rings is 1. The summed E-state index contributed by atoms with van der Waals surface area (Å²) in [5.41, 5.74) is 1.40. The van der Waals surface area contributed by atoms with Gasteiger partial charge in [-0.3, -0.25) is 9.69 Å². The summed E-state index contributed by atoms with van der Waals surface area (Å²) < 4.78 is 5.94. The number of nitrogens with zero attached hydrogens (tertiary/aromatic N) is 1. The van der Waals surface area contributed by atoms with Crippen LogP contribution in [0, 0.1) is 5.92 Å². The number of likely N-dealkylation sites (tertiary alicyclic amines) is 1. The third-order valence-electron chi connectivity index (χ3n) is 6.82. The first kappa shape index (κ1) is 22.2. The second-order valence-corrected chi connectivity index (χ2v) is 9.61. The minimum Gasteiger partial charge on any atom is -0.492 e. The van der Waals surface area contributed by atoms with E-state index in [1.165, 1.54) is 25.9 Å². The van der Waals surface area contributed by atoms with E-state index in [1.54, 1.807) is 0 Å². The normalized spacial score (nSPS) is 21.0. The number of rotatable bonds is 7. The fourth-order valence-corrected chi connectivity index (χ4v) is 5.19. The summed E-state index contributed by atoms with van der Waals surface area (Å²) in [6, 6.07) is 15.5. The fraction of sp³-hybridized carbons (Fsp3) is 0.500. The van der Waals surface area contributed by atoms with E-state index >= 15 is 0 Å². The second-order valence-electron chi connectivity index (χ2n) is 9.17. The number of hydrogen-bond donors (Lipinski definition) is 1. The molecule has 1 saturated carbocycles. The maximum absolute atomic E-state index is 13.3. The van der Waals surface area contributed by atoms with E-state index in [0.717, 1.165) is 55.1 Å². The highest BCUT2D eigenvalue weighted by atomic mass is 35.5. The lowest BCUT2D eigenvalue weighted by Gasteiger charge is -2.30. The lowest BCUT2D eigenvalue weighted by Crippen LogP contribution is -2.38. The van der Waals surface area contributed by atoms with E-state index in [1.807, 2.05) is 48.5 Å². The molecule has 0 unspecified atom stereocenters. The van der Waals surface area contributed by atoms with Crippen LogP contribution < -0.4 is 10.1 Å². The number of ether oxygens (including phenoxy) is 1. The lowest BCUT2D eigenvalue weighted by atomic mass is 9.78. The fourth-order valence-electron chi connectivity index (χ4n) is 5.06. The van der Waals surface area contributed by atoms with Gasteiger partial charge >= 0.3 is 0 Å². The maximum atomic E-state index is 13.3. The van der Waals surface area contributed by atoms with Crippen LogP contribution in [0.3, 0.4) is 0 Å². The van der Waals surface area contributed by atoms with Gasteiger partial charge in [0.05, 0.1) is 5.41 Å². The van der Waals surface area contributed by atoms with Gasteiger partial charge in [0.15, 0.2) is 0 Å². The Morgan fingerprint density at radius 1 is 1.10 bits per heavy atom. The third kappa shape index (κ3) is 5.42. The summed E-state index contributed by atoms with van der Waals surface area (Å²) in [7, 11) is 0. The van der Waals surface area contributed by atoms with Crippen LogP contribution in [0.1, 0.15) is 51.0 Å². The van der Waals surface area contributed by atoms with Crippen molar-refractivity contribution in [2.75, 3.05) is 31.6 Å². The zero-order chi connectivity index (χ0) is 21.7. The van der Waals surface area contributed by atoms with Crippen molar-refractivity contribution in [2.24, 2.45) is 5.92 Å². The Bertz CT molecular complexity index is 860. The molecule has 0 aromatic heterocycles. The maximum Gasteiger partial charge on any atom is 0.235 e. The molecular weight excluding hydrogens is 408 g/mol. The summed E-state index contributed by atoms with van der Waals surface area (Å²) >= 11 is 6.06. The van der Waals surface area contributed by atoms with Crippen LogP contribution in [0.5, 0.6) is 5.75 Å². The molecule has 1 atom stereocenters. The Labute approximate surface area is 190 Å². The molecule has 0 radical (unpaired) electrons. The number of amides is 1. The quantitative estimate of drug-likeness (QED) is 0.582. The topological polar surface area (TPSA) is 41.6 Å². The zero-order valence-electron chi connectivity index (χ0n) is 18.4. The zero-order valence-corrected chi connectivity index (χ0v) is 19.2.